The number of hydrogen-bond donors (Lipinski definition) is 1. The van der Waals surface area contributed by atoms with Gasteiger partial charge < -0.3 is 24.4 Å². The van der Waals surface area contributed by atoms with E-state index < -0.39 is 18.0 Å². The van der Waals surface area contributed by atoms with E-state index in [1.807, 2.05) is 4.90 Å². The lowest BCUT2D eigenvalue weighted by molar-refractivity contribution is -0.119. The molecule has 9 nitrogen and oxygen atoms in total. The molecule has 2 aliphatic heterocycles. The van der Waals surface area contributed by atoms with Crippen LogP contribution in [0.25, 0.3) is 0 Å². The summed E-state index contributed by atoms with van der Waals surface area (Å²) in [5, 5.41) is 6.55. The van der Waals surface area contributed by atoms with E-state index in [1.54, 1.807) is 18.2 Å². The van der Waals surface area contributed by atoms with E-state index in [1.165, 1.54) is 24.2 Å². The number of hydrogen-bond acceptors (Lipinski definition) is 7. The van der Waals surface area contributed by atoms with Crippen LogP contribution in [0.1, 0.15) is 6.92 Å². The van der Waals surface area contributed by atoms with Crippen LogP contribution < -0.4 is 20.0 Å². The Morgan fingerprint density at radius 1 is 1.24 bits per heavy atom. The average Bonchev–Trinajstić information content (AvgIpc) is 3.36. The van der Waals surface area contributed by atoms with Crippen LogP contribution >= 0.6 is 0 Å². The van der Waals surface area contributed by atoms with Gasteiger partial charge in [-0.1, -0.05) is 5.16 Å². The number of carbonyl (C=O) groups excluding carboxylic acids is 2. The zero-order chi connectivity index (χ0) is 20.4. The first-order valence-electron chi connectivity index (χ1n) is 9.43. The molecule has 1 aromatic carbocycles. The van der Waals surface area contributed by atoms with Gasteiger partial charge in [-0.05, 0) is 18.2 Å². The number of halogens is 1. The first kappa shape index (κ1) is 19.0. The first-order chi connectivity index (χ1) is 14.0. The fourth-order valence-corrected chi connectivity index (χ4v) is 3.56. The highest BCUT2D eigenvalue weighted by atomic mass is 19.1. The molecule has 2 aromatic rings. The minimum Gasteiger partial charge on any atom is -0.442 e. The van der Waals surface area contributed by atoms with Gasteiger partial charge in [0.15, 0.2) is 5.82 Å². The van der Waals surface area contributed by atoms with Gasteiger partial charge in [-0.3, -0.25) is 9.69 Å². The van der Waals surface area contributed by atoms with Gasteiger partial charge in [0.2, 0.25) is 5.91 Å². The topological polar surface area (TPSA) is 91.2 Å². The molecule has 1 aromatic heterocycles. The molecule has 3 heterocycles. The predicted molar refractivity (Wildman–Crippen MR) is 104 cm³/mol. The van der Waals surface area contributed by atoms with E-state index in [9.17, 15) is 14.0 Å². The molecular weight excluding hydrogens is 381 g/mol. The van der Waals surface area contributed by atoms with Crippen LogP contribution in [0.2, 0.25) is 0 Å². The summed E-state index contributed by atoms with van der Waals surface area (Å²) in [4.78, 5) is 28.6. The smallest absolute Gasteiger partial charge is 0.414 e. The van der Waals surface area contributed by atoms with Crippen molar-refractivity contribution >= 4 is 29.2 Å². The summed E-state index contributed by atoms with van der Waals surface area (Å²) in [5.41, 5.74) is 0.929. The molecule has 154 valence electrons. The van der Waals surface area contributed by atoms with E-state index in [-0.39, 0.29) is 19.0 Å². The zero-order valence-corrected chi connectivity index (χ0v) is 16.0. The van der Waals surface area contributed by atoms with Crippen molar-refractivity contribution in [2.45, 2.75) is 13.0 Å². The number of amides is 2. The first-order valence-corrected chi connectivity index (χ1v) is 9.43. The van der Waals surface area contributed by atoms with Crippen molar-refractivity contribution in [2.24, 2.45) is 0 Å². The monoisotopic (exact) mass is 403 g/mol. The number of nitrogens with one attached hydrogen (secondary N) is 1. The number of aromatic nitrogens is 1. The Morgan fingerprint density at radius 2 is 2.00 bits per heavy atom. The van der Waals surface area contributed by atoms with Gasteiger partial charge in [-0.15, -0.1) is 0 Å². The number of cyclic esters (lactones) is 1. The summed E-state index contributed by atoms with van der Waals surface area (Å²) in [6, 6.07) is 6.55. The molecule has 2 saturated heterocycles. The summed E-state index contributed by atoms with van der Waals surface area (Å²) in [6.07, 6.45) is 0.525. The Labute approximate surface area is 167 Å². The second kappa shape index (κ2) is 7.98. The molecule has 0 spiro atoms. The molecule has 0 aliphatic carbocycles. The summed E-state index contributed by atoms with van der Waals surface area (Å²) < 4.78 is 24.9. The summed E-state index contributed by atoms with van der Waals surface area (Å²) in [6.45, 7) is 4.59. The highest BCUT2D eigenvalue weighted by Crippen LogP contribution is 2.29. The third-order valence-electron chi connectivity index (χ3n) is 5.06. The maximum absolute atomic E-state index is 14.8. The van der Waals surface area contributed by atoms with Crippen molar-refractivity contribution in [1.82, 2.24) is 10.5 Å². The average molecular weight is 403 g/mol. The Morgan fingerprint density at radius 3 is 2.66 bits per heavy atom. The second-order valence-corrected chi connectivity index (χ2v) is 7.02. The van der Waals surface area contributed by atoms with Gasteiger partial charge in [0.1, 0.15) is 18.2 Å². The highest BCUT2D eigenvalue weighted by molar-refractivity contribution is 5.90. The molecule has 1 N–H and O–H groups in total. The standard InChI is InChI=1S/C19H22FN5O4/c1-13(26)21-11-15-12-25(19(27)29-15)14-2-3-17(16(20)10-14)23-5-7-24(8-6-23)18-4-9-28-22-18/h2-4,9-10,15H,5-8,11-12H2,1H3,(H,21,26). The second-order valence-electron chi connectivity index (χ2n) is 7.02. The number of carbonyl (C=O) groups is 2. The largest absolute Gasteiger partial charge is 0.442 e. The molecule has 0 saturated carbocycles. The Balaban J connectivity index is 1.39. The van der Waals surface area contributed by atoms with Crippen LogP contribution in [0.15, 0.2) is 35.1 Å². The molecular formula is C19H22FN5O4. The minimum absolute atomic E-state index is 0.196. The Bertz CT molecular complexity index is 883. The molecule has 0 radical (unpaired) electrons. The number of ether oxygens (including phenoxy) is 1. The van der Waals surface area contributed by atoms with Gasteiger partial charge in [0.25, 0.3) is 0 Å². The van der Waals surface area contributed by atoms with Crippen LogP contribution in [-0.2, 0) is 9.53 Å². The summed E-state index contributed by atoms with van der Waals surface area (Å²) in [7, 11) is 0. The normalized spacial score (nSPS) is 19.4. The number of anilines is 3. The van der Waals surface area contributed by atoms with E-state index in [0.29, 0.717) is 37.6 Å². The SMILES string of the molecule is CC(=O)NCC1CN(c2ccc(N3CCN(c4ccon4)CC3)c(F)c2)C(=O)O1. The van der Waals surface area contributed by atoms with Crippen molar-refractivity contribution in [2.75, 3.05) is 54.0 Å². The highest BCUT2D eigenvalue weighted by Gasteiger charge is 2.33. The molecule has 0 bridgehead atoms. The summed E-state index contributed by atoms with van der Waals surface area (Å²) in [5.74, 6) is 0.191. The fraction of sp³-hybridized carbons (Fsp3) is 0.421. The lowest BCUT2D eigenvalue weighted by Crippen LogP contribution is -2.47. The molecule has 1 unspecified atom stereocenters. The molecule has 10 heteroatoms. The quantitative estimate of drug-likeness (QED) is 0.811. The van der Waals surface area contributed by atoms with Crippen LogP contribution in [0.5, 0.6) is 0 Å². The van der Waals surface area contributed by atoms with Crippen LogP contribution in [0.3, 0.4) is 0 Å². The number of benzene rings is 1. The van der Waals surface area contributed by atoms with Gasteiger partial charge >= 0.3 is 6.09 Å². The fourth-order valence-electron chi connectivity index (χ4n) is 3.56. The minimum atomic E-state index is -0.547. The molecule has 2 fully saturated rings. The number of rotatable bonds is 5. The van der Waals surface area contributed by atoms with Crippen molar-refractivity contribution in [3.63, 3.8) is 0 Å². The van der Waals surface area contributed by atoms with Crippen molar-refractivity contribution in [1.29, 1.82) is 0 Å². The van der Waals surface area contributed by atoms with E-state index in [0.717, 1.165) is 5.82 Å². The van der Waals surface area contributed by atoms with Crippen LogP contribution in [0.4, 0.5) is 26.4 Å². The van der Waals surface area contributed by atoms with Crippen LogP contribution in [0, 0.1) is 5.82 Å². The van der Waals surface area contributed by atoms with Gasteiger partial charge in [-0.2, -0.15) is 0 Å². The Hall–Kier alpha value is -3.30. The molecule has 1 atom stereocenters. The number of nitrogens with zero attached hydrogens (tertiary/aromatic N) is 4. The van der Waals surface area contributed by atoms with Gasteiger partial charge in [0.05, 0.1) is 24.5 Å². The molecule has 2 amide bonds. The summed E-state index contributed by atoms with van der Waals surface area (Å²) >= 11 is 0. The van der Waals surface area contributed by atoms with Crippen molar-refractivity contribution < 1.29 is 23.2 Å². The zero-order valence-electron chi connectivity index (χ0n) is 16.0. The maximum Gasteiger partial charge on any atom is 0.414 e. The van der Waals surface area contributed by atoms with Gasteiger partial charge in [-0.25, -0.2) is 9.18 Å². The predicted octanol–water partition coefficient (Wildman–Crippen LogP) is 1.60. The number of piperazine rings is 1. The lowest BCUT2D eigenvalue weighted by Gasteiger charge is -2.36. The molecule has 29 heavy (non-hydrogen) atoms. The van der Waals surface area contributed by atoms with Gasteiger partial charge in [0, 0.05) is 39.2 Å². The van der Waals surface area contributed by atoms with E-state index in [4.69, 9.17) is 9.26 Å². The van der Waals surface area contributed by atoms with E-state index in [2.05, 4.69) is 15.4 Å². The third kappa shape index (κ3) is 4.10. The van der Waals surface area contributed by atoms with Crippen molar-refractivity contribution in [3.05, 3.63) is 36.3 Å². The van der Waals surface area contributed by atoms with E-state index >= 15 is 0 Å². The molecule has 2 aliphatic rings. The Kier molecular flexibility index (Phi) is 5.24. The third-order valence-corrected chi connectivity index (χ3v) is 5.06. The van der Waals surface area contributed by atoms with Crippen molar-refractivity contribution in [3.8, 4) is 0 Å². The maximum atomic E-state index is 14.8. The molecule has 4 rings (SSSR count). The van der Waals surface area contributed by atoms with Crippen LogP contribution in [-0.4, -0.2) is 62.5 Å². The lowest BCUT2D eigenvalue weighted by atomic mass is 10.2.